The fourth-order valence-electron chi connectivity index (χ4n) is 1.85. The van der Waals surface area contributed by atoms with Crippen molar-refractivity contribution in [1.29, 1.82) is 0 Å². The molecule has 0 spiro atoms. The lowest BCUT2D eigenvalue weighted by atomic mass is 10.2. The first kappa shape index (κ1) is 11.0. The third-order valence-corrected chi connectivity index (χ3v) is 3.88. The third-order valence-electron chi connectivity index (χ3n) is 2.73. The van der Waals surface area contributed by atoms with E-state index < -0.39 is 5.97 Å². The molecule has 0 saturated heterocycles. The number of carboxylic acid groups (broad SMARTS) is 1. The van der Waals surface area contributed by atoms with Gasteiger partial charge in [-0.2, -0.15) is 5.10 Å². The normalized spacial score (nSPS) is 10.9. The lowest BCUT2D eigenvalue weighted by Crippen LogP contribution is -1.95. The van der Waals surface area contributed by atoms with Crippen molar-refractivity contribution in [1.82, 2.24) is 10.2 Å². The van der Waals surface area contributed by atoms with Gasteiger partial charge in [-0.3, -0.25) is 5.10 Å². The maximum absolute atomic E-state index is 10.8. The lowest BCUT2D eigenvalue weighted by Gasteiger charge is -1.89. The number of thiophene rings is 1. The van der Waals surface area contributed by atoms with Gasteiger partial charge in [-0.1, -0.05) is 17.7 Å². The van der Waals surface area contributed by atoms with E-state index >= 15 is 0 Å². The molecule has 90 valence electrons. The van der Waals surface area contributed by atoms with Gasteiger partial charge >= 0.3 is 5.97 Å². The first-order valence-corrected chi connectivity index (χ1v) is 6.24. The van der Waals surface area contributed by atoms with Crippen LogP contribution in [0.25, 0.3) is 20.7 Å². The number of nitrogens with one attached hydrogen (secondary N) is 1. The van der Waals surface area contributed by atoms with Gasteiger partial charge in [0.15, 0.2) is 5.69 Å². The van der Waals surface area contributed by atoms with E-state index in [1.54, 1.807) is 17.4 Å². The Morgan fingerprint density at radius 1 is 1.33 bits per heavy atom. The van der Waals surface area contributed by atoms with Crippen LogP contribution in [0.5, 0.6) is 0 Å². The second-order valence-electron chi connectivity index (χ2n) is 4.12. The van der Waals surface area contributed by atoms with Crippen molar-refractivity contribution in [2.24, 2.45) is 0 Å². The Balaban J connectivity index is 2.10. The van der Waals surface area contributed by atoms with Crippen molar-refractivity contribution in [2.75, 3.05) is 0 Å². The van der Waals surface area contributed by atoms with Crippen LogP contribution in [-0.2, 0) is 0 Å². The molecule has 0 atom stereocenters. The number of nitrogens with zero attached hydrogens (tertiary/aromatic N) is 1. The van der Waals surface area contributed by atoms with Crippen LogP contribution in [-0.4, -0.2) is 21.3 Å². The Labute approximate surface area is 107 Å². The van der Waals surface area contributed by atoms with Crippen LogP contribution in [0, 0.1) is 6.92 Å². The van der Waals surface area contributed by atoms with Crippen LogP contribution in [0.3, 0.4) is 0 Å². The number of hydrogen-bond acceptors (Lipinski definition) is 3. The molecule has 4 nitrogen and oxygen atoms in total. The van der Waals surface area contributed by atoms with Gasteiger partial charge in [-0.05, 0) is 30.5 Å². The molecule has 2 aromatic heterocycles. The number of hydrogen-bond donors (Lipinski definition) is 2. The minimum absolute atomic E-state index is 0.0404. The second-order valence-corrected chi connectivity index (χ2v) is 5.21. The highest BCUT2D eigenvalue weighted by Gasteiger charge is 2.11. The molecular weight excluding hydrogens is 248 g/mol. The van der Waals surface area contributed by atoms with Gasteiger partial charge in [0.1, 0.15) is 0 Å². The Bertz CT molecular complexity index is 742. The zero-order chi connectivity index (χ0) is 12.7. The highest BCUT2D eigenvalue weighted by molar-refractivity contribution is 7.22. The Kier molecular flexibility index (Phi) is 2.41. The van der Waals surface area contributed by atoms with Crippen molar-refractivity contribution >= 4 is 27.4 Å². The van der Waals surface area contributed by atoms with Crippen molar-refractivity contribution in [2.45, 2.75) is 6.92 Å². The molecule has 0 bridgehead atoms. The van der Waals surface area contributed by atoms with E-state index in [1.165, 1.54) is 15.6 Å². The molecule has 1 aromatic carbocycles. The molecule has 0 aliphatic rings. The third kappa shape index (κ3) is 1.78. The minimum atomic E-state index is -1.02. The zero-order valence-corrected chi connectivity index (χ0v) is 10.4. The number of aromatic carboxylic acids is 1. The SMILES string of the molecule is Cc1ccc2sc(-c3cc(C(=O)O)n[nH]3)cc2c1. The second kappa shape index (κ2) is 3.96. The predicted octanol–water partition coefficient (Wildman–Crippen LogP) is 3.30. The number of H-pyrrole nitrogens is 1. The summed E-state index contributed by atoms with van der Waals surface area (Å²) in [5, 5.41) is 16.5. The molecule has 5 heteroatoms. The average Bonchev–Trinajstić information content (AvgIpc) is 2.93. The van der Waals surface area contributed by atoms with E-state index in [2.05, 4.69) is 35.3 Å². The van der Waals surface area contributed by atoms with Crippen molar-refractivity contribution in [3.63, 3.8) is 0 Å². The fraction of sp³-hybridized carbons (Fsp3) is 0.0769. The zero-order valence-electron chi connectivity index (χ0n) is 9.60. The van der Waals surface area contributed by atoms with Gasteiger partial charge < -0.3 is 5.11 Å². The fourth-order valence-corrected chi connectivity index (χ4v) is 2.86. The highest BCUT2D eigenvalue weighted by atomic mass is 32.1. The van der Waals surface area contributed by atoms with Crippen molar-refractivity contribution < 1.29 is 9.90 Å². The van der Waals surface area contributed by atoms with Crippen LogP contribution in [0.1, 0.15) is 16.1 Å². The number of aromatic amines is 1. The minimum Gasteiger partial charge on any atom is -0.476 e. The average molecular weight is 258 g/mol. The maximum Gasteiger partial charge on any atom is 0.356 e. The molecule has 0 saturated carbocycles. The molecule has 0 unspecified atom stereocenters. The Morgan fingerprint density at radius 2 is 2.17 bits per heavy atom. The molecular formula is C13H10N2O2S. The van der Waals surface area contributed by atoms with Crippen LogP contribution >= 0.6 is 11.3 Å². The van der Waals surface area contributed by atoms with Gasteiger partial charge in [-0.15, -0.1) is 11.3 Å². The molecule has 0 amide bonds. The van der Waals surface area contributed by atoms with Crippen LogP contribution < -0.4 is 0 Å². The first-order chi connectivity index (χ1) is 8.63. The van der Waals surface area contributed by atoms with Crippen molar-refractivity contribution in [3.8, 4) is 10.6 Å². The van der Waals surface area contributed by atoms with E-state index in [4.69, 9.17) is 5.11 Å². The molecule has 18 heavy (non-hydrogen) atoms. The molecule has 3 rings (SSSR count). The molecule has 2 N–H and O–H groups in total. The number of fused-ring (bicyclic) bond motifs is 1. The maximum atomic E-state index is 10.8. The van der Waals surface area contributed by atoms with Crippen LogP contribution in [0.4, 0.5) is 0 Å². The summed E-state index contributed by atoms with van der Waals surface area (Å²) in [7, 11) is 0. The number of aromatic nitrogens is 2. The summed E-state index contributed by atoms with van der Waals surface area (Å²) < 4.78 is 1.18. The number of aryl methyl sites for hydroxylation is 1. The quantitative estimate of drug-likeness (QED) is 0.741. The van der Waals surface area contributed by atoms with Gasteiger partial charge in [0, 0.05) is 4.70 Å². The largest absolute Gasteiger partial charge is 0.476 e. The molecule has 0 aliphatic heterocycles. The van der Waals surface area contributed by atoms with Gasteiger partial charge in [-0.25, -0.2) is 4.79 Å². The lowest BCUT2D eigenvalue weighted by molar-refractivity contribution is 0.0690. The summed E-state index contributed by atoms with van der Waals surface area (Å²) in [6, 6.07) is 9.86. The van der Waals surface area contributed by atoms with Gasteiger partial charge in [0.05, 0.1) is 10.6 Å². The van der Waals surface area contributed by atoms with Crippen LogP contribution in [0.2, 0.25) is 0 Å². The van der Waals surface area contributed by atoms with E-state index in [0.29, 0.717) is 0 Å². The summed E-state index contributed by atoms with van der Waals surface area (Å²) in [6.45, 7) is 2.05. The van der Waals surface area contributed by atoms with E-state index in [9.17, 15) is 4.79 Å². The number of rotatable bonds is 2. The molecule has 0 radical (unpaired) electrons. The molecule has 3 aromatic rings. The summed E-state index contributed by atoms with van der Waals surface area (Å²) in [5.41, 5.74) is 1.99. The van der Waals surface area contributed by atoms with E-state index in [0.717, 1.165) is 10.6 Å². The molecule has 0 aliphatic carbocycles. The Hall–Kier alpha value is -2.14. The van der Waals surface area contributed by atoms with E-state index in [-0.39, 0.29) is 5.69 Å². The molecule has 0 fully saturated rings. The summed E-state index contributed by atoms with van der Waals surface area (Å²) >= 11 is 1.62. The van der Waals surface area contributed by atoms with Crippen molar-refractivity contribution in [3.05, 3.63) is 41.6 Å². The first-order valence-electron chi connectivity index (χ1n) is 5.43. The Morgan fingerprint density at radius 3 is 2.89 bits per heavy atom. The number of benzene rings is 1. The monoisotopic (exact) mass is 258 g/mol. The standard InChI is InChI=1S/C13H10N2O2S/c1-7-2-3-11-8(4-7)5-12(18-11)9-6-10(13(16)17)15-14-9/h2-6H,1H3,(H,14,15)(H,16,17). The van der Waals surface area contributed by atoms with E-state index in [1.807, 2.05) is 6.07 Å². The number of carbonyl (C=O) groups is 1. The molecule has 2 heterocycles. The summed E-state index contributed by atoms with van der Waals surface area (Å²) in [5.74, 6) is -1.02. The summed E-state index contributed by atoms with van der Waals surface area (Å²) in [4.78, 5) is 11.8. The van der Waals surface area contributed by atoms with Gasteiger partial charge in [0.2, 0.25) is 0 Å². The number of carboxylic acids is 1. The smallest absolute Gasteiger partial charge is 0.356 e. The van der Waals surface area contributed by atoms with Crippen LogP contribution in [0.15, 0.2) is 30.3 Å². The topological polar surface area (TPSA) is 66.0 Å². The van der Waals surface area contributed by atoms with Gasteiger partial charge in [0.25, 0.3) is 0 Å². The summed E-state index contributed by atoms with van der Waals surface area (Å²) in [6.07, 6.45) is 0. The predicted molar refractivity (Wildman–Crippen MR) is 71.1 cm³/mol. The highest BCUT2D eigenvalue weighted by Crippen LogP contribution is 2.33.